The van der Waals surface area contributed by atoms with Crippen LogP contribution in [0.3, 0.4) is 0 Å². The van der Waals surface area contributed by atoms with Crippen LogP contribution in [0.15, 0.2) is 48.5 Å². The molecule has 0 spiro atoms. The topological polar surface area (TPSA) is 41.6 Å². The van der Waals surface area contributed by atoms with Crippen molar-refractivity contribution in [3.8, 4) is 0 Å². The minimum Gasteiger partial charge on any atom is -0.450 e. The molecule has 0 radical (unpaired) electrons. The Balaban J connectivity index is 1.97. The van der Waals surface area contributed by atoms with Crippen molar-refractivity contribution in [3.05, 3.63) is 65.2 Å². The number of ether oxygens (including phenoxy) is 1. The van der Waals surface area contributed by atoms with Crippen molar-refractivity contribution in [1.29, 1.82) is 0 Å². The van der Waals surface area contributed by atoms with Crippen LogP contribution in [0.4, 0.5) is 10.5 Å². The molecule has 120 valence electrons. The maximum atomic E-state index is 11.8. The van der Waals surface area contributed by atoms with Gasteiger partial charge in [-0.15, -0.1) is 0 Å². The Kier molecular flexibility index (Phi) is 4.63. The molecule has 0 aliphatic carbocycles. The molecule has 0 bridgehead atoms. The highest BCUT2D eigenvalue weighted by molar-refractivity contribution is 5.86. The van der Waals surface area contributed by atoms with Crippen molar-refractivity contribution in [2.45, 2.75) is 19.4 Å². The zero-order valence-corrected chi connectivity index (χ0v) is 13.6. The second kappa shape index (κ2) is 6.84. The third kappa shape index (κ3) is 3.37. The van der Waals surface area contributed by atoms with E-state index in [0.717, 1.165) is 18.8 Å². The van der Waals surface area contributed by atoms with Gasteiger partial charge < -0.3 is 9.64 Å². The summed E-state index contributed by atoms with van der Waals surface area (Å²) in [5.41, 5.74) is 4.59. The molecule has 4 nitrogen and oxygen atoms in total. The second-order valence-electron chi connectivity index (χ2n) is 5.88. The number of carbonyl (C=O) groups is 1. The molecule has 1 aliphatic rings. The summed E-state index contributed by atoms with van der Waals surface area (Å²) < 4.78 is 5.01. The summed E-state index contributed by atoms with van der Waals surface area (Å²) in [5, 5.41) is 2.88. The highest BCUT2D eigenvalue weighted by Gasteiger charge is 2.26. The summed E-state index contributed by atoms with van der Waals surface area (Å²) in [6.45, 7) is 3.97. The quantitative estimate of drug-likeness (QED) is 0.936. The highest BCUT2D eigenvalue weighted by atomic mass is 16.5. The predicted octanol–water partition coefficient (Wildman–Crippen LogP) is 3.83. The average molecular weight is 310 g/mol. The zero-order valence-electron chi connectivity index (χ0n) is 13.6. The van der Waals surface area contributed by atoms with Gasteiger partial charge in [0.25, 0.3) is 0 Å². The molecule has 23 heavy (non-hydrogen) atoms. The maximum absolute atomic E-state index is 11.8. The number of rotatable bonds is 3. The van der Waals surface area contributed by atoms with E-state index in [1.807, 2.05) is 18.2 Å². The van der Waals surface area contributed by atoms with Gasteiger partial charge in [0.15, 0.2) is 0 Å². The van der Waals surface area contributed by atoms with Crippen molar-refractivity contribution in [2.24, 2.45) is 0 Å². The lowest BCUT2D eigenvalue weighted by Gasteiger charge is -2.33. The van der Waals surface area contributed by atoms with Crippen molar-refractivity contribution >= 4 is 11.8 Å². The number of hydrogen-bond acceptors (Lipinski definition) is 3. The van der Waals surface area contributed by atoms with Gasteiger partial charge in [0, 0.05) is 24.7 Å². The van der Waals surface area contributed by atoms with Gasteiger partial charge in [-0.25, -0.2) is 4.79 Å². The first-order valence-electron chi connectivity index (χ1n) is 7.98. The number of nitrogens with zero attached hydrogens (tertiary/aromatic N) is 1. The van der Waals surface area contributed by atoms with Gasteiger partial charge in [-0.3, -0.25) is 5.32 Å². The first-order valence-corrected chi connectivity index (χ1v) is 7.98. The Morgan fingerprint density at radius 3 is 2.74 bits per heavy atom. The number of likely N-dealkylation sites (N-methyl/N-ethyl adjacent to an activating group) is 1. The predicted molar refractivity (Wildman–Crippen MR) is 91.7 cm³/mol. The molecule has 0 unspecified atom stereocenters. The van der Waals surface area contributed by atoms with E-state index >= 15 is 0 Å². The molecule has 1 N–H and O–H groups in total. The van der Waals surface area contributed by atoms with E-state index in [9.17, 15) is 4.79 Å². The summed E-state index contributed by atoms with van der Waals surface area (Å²) in [7, 11) is 2.11. The molecule has 0 aromatic heterocycles. The van der Waals surface area contributed by atoms with E-state index in [2.05, 4.69) is 47.6 Å². The lowest BCUT2D eigenvalue weighted by atomic mass is 9.84. The molecule has 4 heteroatoms. The fourth-order valence-electron chi connectivity index (χ4n) is 3.22. The van der Waals surface area contributed by atoms with Crippen LogP contribution in [-0.2, 0) is 11.3 Å². The smallest absolute Gasteiger partial charge is 0.411 e. The summed E-state index contributed by atoms with van der Waals surface area (Å²) in [6, 6.07) is 16.6. The summed E-state index contributed by atoms with van der Waals surface area (Å²) in [5.74, 6) is 0.314. The Labute approximate surface area is 137 Å². The molecule has 1 aliphatic heterocycles. The van der Waals surface area contributed by atoms with Gasteiger partial charge in [-0.05, 0) is 36.7 Å². The van der Waals surface area contributed by atoms with Crippen LogP contribution in [-0.4, -0.2) is 31.2 Å². The monoisotopic (exact) mass is 310 g/mol. The maximum Gasteiger partial charge on any atom is 0.411 e. The molecule has 0 fully saturated rings. The zero-order chi connectivity index (χ0) is 16.2. The number of amides is 1. The standard InChI is InChI=1S/C19H22N2O2/c1-3-23-19(22)20-18-11-7-10-15-16(12-21(2)13-17(15)18)14-8-5-4-6-9-14/h4-11,16H,3,12-13H2,1-2H3,(H,20,22)/t16-/m1/s1. The van der Waals surface area contributed by atoms with E-state index in [0.29, 0.717) is 12.5 Å². The minimum atomic E-state index is -0.398. The minimum absolute atomic E-state index is 0.314. The summed E-state index contributed by atoms with van der Waals surface area (Å²) >= 11 is 0. The molecule has 0 saturated heterocycles. The van der Waals surface area contributed by atoms with Crippen molar-refractivity contribution in [1.82, 2.24) is 4.90 Å². The van der Waals surface area contributed by atoms with Crippen LogP contribution in [0.25, 0.3) is 0 Å². The number of hydrogen-bond donors (Lipinski definition) is 1. The molecule has 1 atom stereocenters. The van der Waals surface area contributed by atoms with E-state index in [1.165, 1.54) is 16.7 Å². The number of fused-ring (bicyclic) bond motifs is 1. The number of nitrogens with one attached hydrogen (secondary N) is 1. The average Bonchev–Trinajstić information content (AvgIpc) is 2.56. The summed E-state index contributed by atoms with van der Waals surface area (Å²) in [4.78, 5) is 14.1. The molecule has 2 aromatic rings. The number of benzene rings is 2. The molecular weight excluding hydrogens is 288 g/mol. The highest BCUT2D eigenvalue weighted by Crippen LogP contribution is 2.36. The second-order valence-corrected chi connectivity index (χ2v) is 5.88. The van der Waals surface area contributed by atoms with E-state index in [4.69, 9.17) is 4.74 Å². The molecule has 2 aromatic carbocycles. The molecule has 3 rings (SSSR count). The Morgan fingerprint density at radius 2 is 2.00 bits per heavy atom. The lowest BCUT2D eigenvalue weighted by molar-refractivity contribution is 0.168. The number of carbonyl (C=O) groups excluding carboxylic acids is 1. The van der Waals surface area contributed by atoms with Crippen molar-refractivity contribution < 1.29 is 9.53 Å². The molecular formula is C19H22N2O2. The van der Waals surface area contributed by atoms with E-state index < -0.39 is 6.09 Å². The van der Waals surface area contributed by atoms with Gasteiger partial charge >= 0.3 is 6.09 Å². The Hall–Kier alpha value is -2.33. The fraction of sp³-hybridized carbons (Fsp3) is 0.316. The Bertz CT molecular complexity index is 685. The molecule has 1 heterocycles. The molecule has 0 saturated carbocycles. The molecule has 1 amide bonds. The van der Waals surface area contributed by atoms with Crippen LogP contribution in [0.1, 0.15) is 29.5 Å². The first kappa shape index (κ1) is 15.6. The third-order valence-electron chi connectivity index (χ3n) is 4.22. The fourth-order valence-corrected chi connectivity index (χ4v) is 3.22. The SMILES string of the molecule is CCOC(=O)Nc1cccc2c1CN(C)C[C@@H]2c1ccccc1. The Morgan fingerprint density at radius 1 is 1.22 bits per heavy atom. The van der Waals surface area contributed by atoms with Gasteiger partial charge in [0.2, 0.25) is 0 Å². The van der Waals surface area contributed by atoms with Gasteiger partial charge in [0.1, 0.15) is 0 Å². The lowest BCUT2D eigenvalue weighted by Crippen LogP contribution is -2.32. The van der Waals surface area contributed by atoms with Crippen LogP contribution in [0.5, 0.6) is 0 Å². The normalized spacial score (nSPS) is 17.4. The van der Waals surface area contributed by atoms with Crippen LogP contribution < -0.4 is 5.32 Å². The summed E-state index contributed by atoms with van der Waals surface area (Å²) in [6.07, 6.45) is -0.398. The van der Waals surface area contributed by atoms with E-state index in [1.54, 1.807) is 6.92 Å². The number of anilines is 1. The van der Waals surface area contributed by atoms with Crippen LogP contribution >= 0.6 is 0 Å². The third-order valence-corrected chi connectivity index (χ3v) is 4.22. The van der Waals surface area contributed by atoms with E-state index in [-0.39, 0.29) is 0 Å². The largest absolute Gasteiger partial charge is 0.450 e. The van der Waals surface area contributed by atoms with Crippen LogP contribution in [0, 0.1) is 0 Å². The first-order chi connectivity index (χ1) is 11.2. The van der Waals surface area contributed by atoms with Crippen LogP contribution in [0.2, 0.25) is 0 Å². The van der Waals surface area contributed by atoms with Crippen molar-refractivity contribution in [3.63, 3.8) is 0 Å². The van der Waals surface area contributed by atoms with Gasteiger partial charge in [-0.1, -0.05) is 42.5 Å². The van der Waals surface area contributed by atoms with Crippen molar-refractivity contribution in [2.75, 3.05) is 25.5 Å². The van der Waals surface area contributed by atoms with Gasteiger partial charge in [0.05, 0.1) is 6.61 Å². The van der Waals surface area contributed by atoms with Gasteiger partial charge in [-0.2, -0.15) is 0 Å².